The summed E-state index contributed by atoms with van der Waals surface area (Å²) < 4.78 is 32.7. The number of rotatable bonds is 5. The van der Waals surface area contributed by atoms with Gasteiger partial charge in [0.15, 0.2) is 6.61 Å². The molecule has 0 bridgehead atoms. The number of fused-ring (bicyclic) bond motifs is 1. The lowest BCUT2D eigenvalue weighted by Gasteiger charge is -2.33. The molecule has 8 heteroatoms. The molecule has 0 N–H and O–H groups in total. The SMILES string of the molecule is Cc1ccccc1C(=O)OCC(=O)N1CCN(S(=O)(=O)c2ccc3ccccc3c2)CC1. The van der Waals surface area contributed by atoms with E-state index in [4.69, 9.17) is 4.74 Å². The van der Waals surface area contributed by atoms with E-state index < -0.39 is 16.0 Å². The minimum Gasteiger partial charge on any atom is -0.452 e. The van der Waals surface area contributed by atoms with E-state index in [1.807, 2.05) is 30.3 Å². The largest absolute Gasteiger partial charge is 0.452 e. The van der Waals surface area contributed by atoms with Crippen molar-refractivity contribution >= 4 is 32.7 Å². The maximum absolute atomic E-state index is 13.1. The van der Waals surface area contributed by atoms with E-state index >= 15 is 0 Å². The number of aryl methyl sites for hydroxylation is 1. The molecule has 1 amide bonds. The topological polar surface area (TPSA) is 84.0 Å². The molecule has 166 valence electrons. The molecule has 1 heterocycles. The number of nitrogens with zero attached hydrogens (tertiary/aromatic N) is 2. The lowest BCUT2D eigenvalue weighted by Crippen LogP contribution is -2.51. The van der Waals surface area contributed by atoms with Crippen LogP contribution in [0.4, 0.5) is 0 Å². The zero-order chi connectivity index (χ0) is 22.7. The molecule has 0 aliphatic carbocycles. The minimum atomic E-state index is -3.66. The molecule has 3 aromatic carbocycles. The molecule has 7 nitrogen and oxygen atoms in total. The van der Waals surface area contributed by atoms with Gasteiger partial charge in [0.25, 0.3) is 5.91 Å². The van der Waals surface area contributed by atoms with Gasteiger partial charge >= 0.3 is 5.97 Å². The monoisotopic (exact) mass is 452 g/mol. The van der Waals surface area contributed by atoms with E-state index in [2.05, 4.69) is 0 Å². The van der Waals surface area contributed by atoms with Crippen LogP contribution in [0, 0.1) is 6.92 Å². The number of benzene rings is 3. The molecule has 32 heavy (non-hydrogen) atoms. The van der Waals surface area contributed by atoms with Crippen LogP contribution in [0.2, 0.25) is 0 Å². The highest BCUT2D eigenvalue weighted by Crippen LogP contribution is 2.23. The first-order valence-electron chi connectivity index (χ1n) is 10.4. The van der Waals surface area contributed by atoms with Crippen LogP contribution in [0.3, 0.4) is 0 Å². The second-order valence-corrected chi connectivity index (χ2v) is 9.62. The van der Waals surface area contributed by atoms with Crippen LogP contribution >= 0.6 is 0 Å². The van der Waals surface area contributed by atoms with E-state index in [0.29, 0.717) is 5.56 Å². The van der Waals surface area contributed by atoms with E-state index in [1.165, 1.54) is 9.21 Å². The highest BCUT2D eigenvalue weighted by Gasteiger charge is 2.30. The summed E-state index contributed by atoms with van der Waals surface area (Å²) in [6.07, 6.45) is 0. The molecule has 4 rings (SSSR count). The molecule has 1 fully saturated rings. The zero-order valence-corrected chi connectivity index (χ0v) is 18.5. The molecular formula is C24H24N2O5S. The summed E-state index contributed by atoms with van der Waals surface area (Å²) in [5.74, 6) is -0.886. The summed E-state index contributed by atoms with van der Waals surface area (Å²) in [5, 5.41) is 1.83. The fourth-order valence-corrected chi connectivity index (χ4v) is 5.21. The maximum Gasteiger partial charge on any atom is 0.338 e. The van der Waals surface area contributed by atoms with E-state index in [-0.39, 0.29) is 43.6 Å². The van der Waals surface area contributed by atoms with Gasteiger partial charge in [0.1, 0.15) is 0 Å². The third-order valence-corrected chi connectivity index (χ3v) is 7.54. The normalized spacial score (nSPS) is 15.0. The van der Waals surface area contributed by atoms with Crippen LogP contribution in [-0.2, 0) is 19.6 Å². The average Bonchev–Trinajstić information content (AvgIpc) is 2.82. The van der Waals surface area contributed by atoms with Crippen molar-refractivity contribution in [1.82, 2.24) is 9.21 Å². The number of hydrogen-bond donors (Lipinski definition) is 0. The summed E-state index contributed by atoms with van der Waals surface area (Å²) in [6.45, 7) is 2.29. The highest BCUT2D eigenvalue weighted by molar-refractivity contribution is 7.89. The summed E-state index contributed by atoms with van der Waals surface area (Å²) in [4.78, 5) is 26.4. The predicted octanol–water partition coefficient (Wildman–Crippen LogP) is 2.84. The first-order valence-corrected chi connectivity index (χ1v) is 11.8. The number of esters is 1. The van der Waals surface area contributed by atoms with Gasteiger partial charge in [0, 0.05) is 26.2 Å². The summed E-state index contributed by atoms with van der Waals surface area (Å²) in [5.41, 5.74) is 1.20. The van der Waals surface area contributed by atoms with Crippen molar-refractivity contribution in [1.29, 1.82) is 0 Å². The first-order chi connectivity index (χ1) is 15.4. The van der Waals surface area contributed by atoms with Gasteiger partial charge in [-0.3, -0.25) is 4.79 Å². The maximum atomic E-state index is 13.1. The van der Waals surface area contributed by atoms with Gasteiger partial charge in [-0.2, -0.15) is 4.31 Å². The van der Waals surface area contributed by atoms with Crippen LogP contribution in [-0.4, -0.2) is 62.3 Å². The average molecular weight is 453 g/mol. The number of ether oxygens (including phenoxy) is 1. The van der Waals surface area contributed by atoms with Gasteiger partial charge in [-0.15, -0.1) is 0 Å². The van der Waals surface area contributed by atoms with Crippen molar-refractivity contribution in [2.45, 2.75) is 11.8 Å². The molecule has 1 aliphatic rings. The number of piperazine rings is 1. The third-order valence-electron chi connectivity index (χ3n) is 5.64. The second kappa shape index (κ2) is 9.10. The quantitative estimate of drug-likeness (QED) is 0.556. The number of carbonyl (C=O) groups excluding carboxylic acids is 2. The van der Waals surface area contributed by atoms with Gasteiger partial charge in [0.2, 0.25) is 10.0 Å². The van der Waals surface area contributed by atoms with Gasteiger partial charge in [0.05, 0.1) is 10.5 Å². The summed E-state index contributed by atoms with van der Waals surface area (Å²) in [6, 6.07) is 19.7. The van der Waals surface area contributed by atoms with Crippen molar-refractivity contribution in [3.63, 3.8) is 0 Å². The van der Waals surface area contributed by atoms with Gasteiger partial charge in [-0.25, -0.2) is 13.2 Å². The van der Waals surface area contributed by atoms with E-state index in [0.717, 1.165) is 16.3 Å². The standard InChI is InChI=1S/C24H24N2O5S/c1-18-6-2-5-9-22(18)24(28)31-17-23(27)25-12-14-26(15-13-25)32(29,30)21-11-10-19-7-3-4-8-20(19)16-21/h2-11,16H,12-15,17H2,1H3. The lowest BCUT2D eigenvalue weighted by atomic mass is 10.1. The second-order valence-electron chi connectivity index (χ2n) is 7.68. The van der Waals surface area contributed by atoms with Gasteiger partial charge in [-0.05, 0) is 41.5 Å². The van der Waals surface area contributed by atoms with Crippen molar-refractivity contribution < 1.29 is 22.7 Å². The minimum absolute atomic E-state index is 0.187. The smallest absolute Gasteiger partial charge is 0.338 e. The molecular weight excluding hydrogens is 428 g/mol. The molecule has 0 saturated carbocycles. The number of amides is 1. The number of hydrogen-bond acceptors (Lipinski definition) is 5. The van der Waals surface area contributed by atoms with Crippen molar-refractivity contribution in [2.24, 2.45) is 0 Å². The molecule has 0 radical (unpaired) electrons. The lowest BCUT2D eigenvalue weighted by molar-refractivity contribution is -0.135. The van der Waals surface area contributed by atoms with Crippen molar-refractivity contribution in [2.75, 3.05) is 32.8 Å². The zero-order valence-electron chi connectivity index (χ0n) is 17.7. The Labute approximate surface area is 187 Å². The summed E-state index contributed by atoms with van der Waals surface area (Å²) >= 11 is 0. The Hall–Kier alpha value is -3.23. The first kappa shape index (κ1) is 22.0. The van der Waals surface area contributed by atoms with Crippen LogP contribution in [0.1, 0.15) is 15.9 Å². The van der Waals surface area contributed by atoms with Gasteiger partial charge in [-0.1, -0.05) is 48.5 Å². The molecule has 1 aliphatic heterocycles. The molecule has 0 aromatic heterocycles. The predicted molar refractivity (Wildman–Crippen MR) is 121 cm³/mol. The van der Waals surface area contributed by atoms with Crippen LogP contribution < -0.4 is 0 Å². The Morgan fingerprint density at radius 1 is 0.875 bits per heavy atom. The van der Waals surface area contributed by atoms with Crippen molar-refractivity contribution in [3.8, 4) is 0 Å². The van der Waals surface area contributed by atoms with E-state index in [1.54, 1.807) is 43.3 Å². The number of sulfonamides is 1. The third kappa shape index (κ3) is 4.51. The Morgan fingerprint density at radius 2 is 1.53 bits per heavy atom. The van der Waals surface area contributed by atoms with Crippen LogP contribution in [0.5, 0.6) is 0 Å². The number of carbonyl (C=O) groups is 2. The molecule has 3 aromatic rings. The van der Waals surface area contributed by atoms with Gasteiger partial charge < -0.3 is 9.64 Å². The Kier molecular flexibility index (Phi) is 6.25. The highest BCUT2D eigenvalue weighted by atomic mass is 32.2. The fourth-order valence-electron chi connectivity index (χ4n) is 3.75. The molecule has 0 unspecified atom stereocenters. The van der Waals surface area contributed by atoms with Crippen LogP contribution in [0.15, 0.2) is 71.6 Å². The fraction of sp³-hybridized carbons (Fsp3) is 0.250. The molecule has 1 saturated heterocycles. The Morgan fingerprint density at radius 3 is 2.25 bits per heavy atom. The Balaban J connectivity index is 1.35. The van der Waals surface area contributed by atoms with Crippen LogP contribution in [0.25, 0.3) is 10.8 Å². The van der Waals surface area contributed by atoms with Crippen molar-refractivity contribution in [3.05, 3.63) is 77.9 Å². The van der Waals surface area contributed by atoms with E-state index in [9.17, 15) is 18.0 Å². The molecule has 0 atom stereocenters. The molecule has 0 spiro atoms. The summed E-state index contributed by atoms with van der Waals surface area (Å²) in [7, 11) is -3.66. The Bertz CT molecular complexity index is 1260.